The summed E-state index contributed by atoms with van der Waals surface area (Å²) in [5.74, 6) is -0.379. The predicted octanol–water partition coefficient (Wildman–Crippen LogP) is 3.19. The minimum Gasteiger partial charge on any atom is -0.368 e. The van der Waals surface area contributed by atoms with E-state index in [0.29, 0.717) is 15.6 Å². The van der Waals surface area contributed by atoms with E-state index in [1.54, 1.807) is 24.3 Å². The van der Waals surface area contributed by atoms with Gasteiger partial charge in [-0.1, -0.05) is 47.5 Å². The molecule has 1 aliphatic rings. The van der Waals surface area contributed by atoms with Gasteiger partial charge >= 0.3 is 0 Å². The van der Waals surface area contributed by atoms with Crippen LogP contribution in [0.1, 0.15) is 10.4 Å². The van der Waals surface area contributed by atoms with E-state index in [1.165, 1.54) is 0 Å². The van der Waals surface area contributed by atoms with Crippen molar-refractivity contribution in [2.45, 2.75) is 0 Å². The Morgan fingerprint density at radius 1 is 1.00 bits per heavy atom. The molecule has 1 aliphatic heterocycles. The fourth-order valence-electron chi connectivity index (χ4n) is 2.24. The molecule has 0 atom stereocenters. The average Bonchev–Trinajstić information content (AvgIpc) is 2.59. The average molecular weight is 352 g/mol. The molecule has 4 nitrogen and oxygen atoms in total. The summed E-state index contributed by atoms with van der Waals surface area (Å²) < 4.78 is 0. The number of nitrogens with one attached hydrogen (secondary N) is 1. The van der Waals surface area contributed by atoms with Crippen LogP contribution >= 0.6 is 23.2 Å². The number of anilines is 1. The zero-order chi connectivity index (χ0) is 16.7. The smallest absolute Gasteiger partial charge is 0.248 e. The number of rotatable bonds is 2. The number of amides is 1. The lowest BCUT2D eigenvalue weighted by atomic mass is 10.2. The van der Waals surface area contributed by atoms with E-state index in [1.807, 2.05) is 24.3 Å². The minimum atomic E-state index is -0.379. The summed E-state index contributed by atoms with van der Waals surface area (Å²) in [4.78, 5) is 12.7. The zero-order valence-electron chi connectivity index (χ0n) is 12.6. The van der Waals surface area contributed by atoms with Gasteiger partial charge in [-0.15, -0.1) is 0 Å². The molecule has 1 fully saturated rings. The number of carbonyl (C=O) groups is 1. The third kappa shape index (κ3) is 5.13. The first kappa shape index (κ1) is 17.6. The first-order valence-corrected chi connectivity index (χ1v) is 8.09. The second-order valence-electron chi connectivity index (χ2n) is 5.04. The van der Waals surface area contributed by atoms with Gasteiger partial charge < -0.3 is 16.0 Å². The Morgan fingerprint density at radius 3 is 2.22 bits per heavy atom. The molecule has 1 heterocycles. The van der Waals surface area contributed by atoms with Crippen molar-refractivity contribution in [1.29, 1.82) is 0 Å². The van der Waals surface area contributed by atoms with Gasteiger partial charge in [0.1, 0.15) is 0 Å². The Hall–Kier alpha value is -1.75. The summed E-state index contributed by atoms with van der Waals surface area (Å²) in [5.41, 5.74) is 6.57. The predicted molar refractivity (Wildman–Crippen MR) is 96.5 cm³/mol. The highest BCUT2D eigenvalue weighted by molar-refractivity contribution is 6.43. The van der Waals surface area contributed by atoms with Crippen molar-refractivity contribution < 1.29 is 4.79 Å². The molecular weight excluding hydrogens is 333 g/mol. The van der Waals surface area contributed by atoms with E-state index >= 15 is 0 Å². The summed E-state index contributed by atoms with van der Waals surface area (Å²) >= 11 is 12.1. The van der Waals surface area contributed by atoms with E-state index in [0.717, 1.165) is 31.9 Å². The molecule has 1 amide bonds. The molecule has 0 aromatic heterocycles. The quantitative estimate of drug-likeness (QED) is 0.873. The first-order valence-electron chi connectivity index (χ1n) is 7.34. The van der Waals surface area contributed by atoms with Crippen molar-refractivity contribution in [3.05, 3.63) is 64.1 Å². The van der Waals surface area contributed by atoms with E-state index in [4.69, 9.17) is 28.9 Å². The van der Waals surface area contributed by atoms with Gasteiger partial charge in [-0.2, -0.15) is 0 Å². The van der Waals surface area contributed by atoms with Crippen LogP contribution in [0.15, 0.2) is 48.5 Å². The number of nitrogens with two attached hydrogens (primary N) is 1. The second-order valence-corrected chi connectivity index (χ2v) is 5.83. The molecule has 2 aromatic rings. The SMILES string of the molecule is Clc1cccc(N2CCNCC2)c1Cl.NC(=O)c1ccccc1. The molecule has 6 heteroatoms. The molecular formula is C17H19Cl2N3O. The minimum absolute atomic E-state index is 0.379. The van der Waals surface area contributed by atoms with Crippen LogP contribution in [-0.2, 0) is 0 Å². The van der Waals surface area contributed by atoms with Crippen LogP contribution < -0.4 is 16.0 Å². The van der Waals surface area contributed by atoms with E-state index in [-0.39, 0.29) is 5.91 Å². The first-order chi connectivity index (χ1) is 11.1. The van der Waals surface area contributed by atoms with Crippen LogP contribution in [0.5, 0.6) is 0 Å². The van der Waals surface area contributed by atoms with Crippen LogP contribution in [0.2, 0.25) is 10.0 Å². The Kier molecular flexibility index (Phi) is 6.71. The summed E-state index contributed by atoms with van der Waals surface area (Å²) in [6.45, 7) is 3.98. The van der Waals surface area contributed by atoms with Crippen LogP contribution in [0.25, 0.3) is 0 Å². The highest BCUT2D eigenvalue weighted by atomic mass is 35.5. The zero-order valence-corrected chi connectivity index (χ0v) is 14.1. The monoisotopic (exact) mass is 351 g/mol. The number of hydrogen-bond acceptors (Lipinski definition) is 3. The van der Waals surface area contributed by atoms with Crippen LogP contribution in [0.3, 0.4) is 0 Å². The van der Waals surface area contributed by atoms with Crippen molar-refractivity contribution in [2.75, 3.05) is 31.1 Å². The van der Waals surface area contributed by atoms with Crippen molar-refractivity contribution >= 4 is 34.8 Å². The van der Waals surface area contributed by atoms with Gasteiger partial charge in [-0.05, 0) is 24.3 Å². The Balaban J connectivity index is 0.000000185. The van der Waals surface area contributed by atoms with Crippen molar-refractivity contribution in [3.63, 3.8) is 0 Å². The molecule has 3 rings (SSSR count). The van der Waals surface area contributed by atoms with Gasteiger partial charge in [-0.3, -0.25) is 4.79 Å². The second kappa shape index (κ2) is 8.77. The highest BCUT2D eigenvalue weighted by Crippen LogP contribution is 2.32. The van der Waals surface area contributed by atoms with Gasteiger partial charge in [0.25, 0.3) is 0 Å². The molecule has 0 bridgehead atoms. The standard InChI is InChI=1S/C10H12Cl2N2.C7H7NO/c11-8-2-1-3-9(10(8)12)14-6-4-13-5-7-14;8-7(9)6-4-2-1-3-5-6/h1-3,13H,4-7H2;1-5H,(H2,8,9). The van der Waals surface area contributed by atoms with Crippen LogP contribution in [-0.4, -0.2) is 32.1 Å². The highest BCUT2D eigenvalue weighted by Gasteiger charge is 2.14. The van der Waals surface area contributed by atoms with Gasteiger partial charge in [0.2, 0.25) is 5.91 Å². The Bertz CT molecular complexity index is 644. The summed E-state index contributed by atoms with van der Waals surface area (Å²) in [6.07, 6.45) is 0. The number of halogens is 2. The third-order valence-electron chi connectivity index (χ3n) is 3.45. The fourth-order valence-corrected chi connectivity index (χ4v) is 2.66. The van der Waals surface area contributed by atoms with E-state index < -0.39 is 0 Å². The van der Waals surface area contributed by atoms with Crippen molar-refractivity contribution in [1.82, 2.24) is 5.32 Å². The van der Waals surface area contributed by atoms with E-state index in [2.05, 4.69) is 10.2 Å². The number of nitrogens with zero attached hydrogens (tertiary/aromatic N) is 1. The molecule has 0 spiro atoms. The van der Waals surface area contributed by atoms with E-state index in [9.17, 15) is 4.79 Å². The molecule has 1 saturated heterocycles. The van der Waals surface area contributed by atoms with Crippen LogP contribution in [0, 0.1) is 0 Å². The largest absolute Gasteiger partial charge is 0.368 e. The molecule has 3 N–H and O–H groups in total. The number of primary amides is 1. The van der Waals surface area contributed by atoms with Gasteiger partial charge in [0.05, 0.1) is 15.7 Å². The lowest BCUT2D eigenvalue weighted by molar-refractivity contribution is 0.100. The normalized spacial score (nSPS) is 13.9. The third-order valence-corrected chi connectivity index (χ3v) is 4.26. The van der Waals surface area contributed by atoms with Gasteiger partial charge in [0, 0.05) is 31.7 Å². The number of benzene rings is 2. The maximum Gasteiger partial charge on any atom is 0.248 e. The molecule has 0 radical (unpaired) electrons. The maximum atomic E-state index is 10.4. The Labute approximate surface area is 146 Å². The molecule has 0 unspecified atom stereocenters. The molecule has 23 heavy (non-hydrogen) atoms. The lowest BCUT2D eigenvalue weighted by Crippen LogP contribution is -2.43. The summed E-state index contributed by atoms with van der Waals surface area (Å²) in [6, 6.07) is 14.5. The topological polar surface area (TPSA) is 58.4 Å². The molecule has 122 valence electrons. The number of hydrogen-bond donors (Lipinski definition) is 2. The molecule has 0 saturated carbocycles. The maximum absolute atomic E-state index is 10.4. The molecule has 0 aliphatic carbocycles. The lowest BCUT2D eigenvalue weighted by Gasteiger charge is -2.30. The van der Waals surface area contributed by atoms with Crippen molar-refractivity contribution in [2.24, 2.45) is 5.73 Å². The summed E-state index contributed by atoms with van der Waals surface area (Å²) in [7, 11) is 0. The van der Waals surface area contributed by atoms with Gasteiger partial charge in [0.15, 0.2) is 0 Å². The molecule has 2 aromatic carbocycles. The van der Waals surface area contributed by atoms with Gasteiger partial charge in [-0.25, -0.2) is 0 Å². The summed E-state index contributed by atoms with van der Waals surface area (Å²) in [5, 5.41) is 4.59. The fraction of sp³-hybridized carbons (Fsp3) is 0.235. The number of carbonyl (C=O) groups excluding carboxylic acids is 1. The van der Waals surface area contributed by atoms with Crippen molar-refractivity contribution in [3.8, 4) is 0 Å². The number of piperazine rings is 1. The van der Waals surface area contributed by atoms with Crippen LogP contribution in [0.4, 0.5) is 5.69 Å². The Morgan fingerprint density at radius 2 is 1.65 bits per heavy atom.